The van der Waals surface area contributed by atoms with Gasteiger partial charge in [0.1, 0.15) is 11.1 Å². The van der Waals surface area contributed by atoms with Crippen LogP contribution in [0.15, 0.2) is 46.8 Å². The fourth-order valence-electron chi connectivity index (χ4n) is 1.45. The highest BCUT2D eigenvalue weighted by atomic mass is 32.2. The molecule has 3 aromatic rings. The van der Waals surface area contributed by atoms with Crippen molar-refractivity contribution >= 4 is 17.4 Å². The van der Waals surface area contributed by atoms with Gasteiger partial charge in [0.25, 0.3) is 0 Å². The summed E-state index contributed by atoms with van der Waals surface area (Å²) >= 11 is 1.27. The first-order valence-electron chi connectivity index (χ1n) is 5.08. The SMILES string of the molecule is N#Cc1ccnnc1Sc1nnc2ccccn12. The number of aromatic nitrogens is 5. The summed E-state index contributed by atoms with van der Waals surface area (Å²) in [4.78, 5) is 0. The third-order valence-corrected chi connectivity index (χ3v) is 3.23. The van der Waals surface area contributed by atoms with Crippen LogP contribution in [0.1, 0.15) is 5.56 Å². The van der Waals surface area contributed by atoms with Crippen LogP contribution in [0.25, 0.3) is 5.65 Å². The molecule has 7 heteroatoms. The quantitative estimate of drug-likeness (QED) is 0.690. The molecule has 0 radical (unpaired) electrons. The van der Waals surface area contributed by atoms with Crippen molar-refractivity contribution in [1.29, 1.82) is 5.26 Å². The maximum atomic E-state index is 8.99. The highest BCUT2D eigenvalue weighted by molar-refractivity contribution is 7.99. The van der Waals surface area contributed by atoms with Gasteiger partial charge in [0.05, 0.1) is 11.8 Å². The summed E-state index contributed by atoms with van der Waals surface area (Å²) in [5.41, 5.74) is 1.23. The Kier molecular flexibility index (Phi) is 2.63. The summed E-state index contributed by atoms with van der Waals surface area (Å²) in [5, 5.41) is 26.0. The molecule has 0 amide bonds. The van der Waals surface area contributed by atoms with Crippen LogP contribution in [0.4, 0.5) is 0 Å². The van der Waals surface area contributed by atoms with Crippen molar-refractivity contribution in [2.24, 2.45) is 0 Å². The molecule has 0 saturated heterocycles. The average molecular weight is 254 g/mol. The zero-order chi connectivity index (χ0) is 12.4. The maximum absolute atomic E-state index is 8.99. The first-order valence-corrected chi connectivity index (χ1v) is 5.89. The zero-order valence-electron chi connectivity index (χ0n) is 9.06. The Labute approximate surface area is 106 Å². The fraction of sp³-hybridized carbons (Fsp3) is 0. The molecule has 0 unspecified atom stereocenters. The lowest BCUT2D eigenvalue weighted by Crippen LogP contribution is -1.92. The van der Waals surface area contributed by atoms with Crippen LogP contribution >= 0.6 is 11.8 Å². The van der Waals surface area contributed by atoms with E-state index in [0.717, 1.165) is 5.65 Å². The van der Waals surface area contributed by atoms with E-state index in [4.69, 9.17) is 5.26 Å². The lowest BCUT2D eigenvalue weighted by Gasteiger charge is -1.99. The normalized spacial score (nSPS) is 10.4. The topological polar surface area (TPSA) is 79.8 Å². The lowest BCUT2D eigenvalue weighted by molar-refractivity contribution is 0.889. The standard InChI is InChI=1S/C11H6N6S/c12-7-8-4-5-13-15-10(8)18-11-16-14-9-3-1-2-6-17(9)11/h1-6H. The Morgan fingerprint density at radius 1 is 1.17 bits per heavy atom. The Morgan fingerprint density at radius 2 is 2.11 bits per heavy atom. The van der Waals surface area contributed by atoms with Gasteiger partial charge in [-0.05, 0) is 30.0 Å². The van der Waals surface area contributed by atoms with Crippen LogP contribution < -0.4 is 0 Å². The molecule has 3 aromatic heterocycles. The molecule has 0 aromatic carbocycles. The first kappa shape index (κ1) is 10.7. The number of nitriles is 1. The number of pyridine rings is 1. The molecule has 18 heavy (non-hydrogen) atoms. The van der Waals surface area contributed by atoms with Crippen LogP contribution in [0.2, 0.25) is 0 Å². The summed E-state index contributed by atoms with van der Waals surface area (Å²) in [7, 11) is 0. The monoisotopic (exact) mass is 254 g/mol. The molecule has 0 fully saturated rings. The van der Waals surface area contributed by atoms with Crippen molar-refractivity contribution in [3.05, 3.63) is 42.2 Å². The van der Waals surface area contributed by atoms with E-state index in [2.05, 4.69) is 26.5 Å². The van der Waals surface area contributed by atoms with E-state index in [1.807, 2.05) is 28.8 Å². The second kappa shape index (κ2) is 4.43. The van der Waals surface area contributed by atoms with Gasteiger partial charge in [0.2, 0.25) is 5.16 Å². The Hall–Kier alpha value is -2.46. The maximum Gasteiger partial charge on any atom is 0.202 e. The smallest absolute Gasteiger partial charge is 0.202 e. The van der Waals surface area contributed by atoms with E-state index < -0.39 is 0 Å². The van der Waals surface area contributed by atoms with Crippen LogP contribution in [0.5, 0.6) is 0 Å². The summed E-state index contributed by atoms with van der Waals surface area (Å²) in [6.07, 6.45) is 3.35. The molecule has 0 saturated carbocycles. The van der Waals surface area contributed by atoms with Crippen molar-refractivity contribution in [1.82, 2.24) is 24.8 Å². The van der Waals surface area contributed by atoms with Gasteiger partial charge in [-0.1, -0.05) is 6.07 Å². The average Bonchev–Trinajstić information content (AvgIpc) is 2.83. The molecule has 0 atom stereocenters. The zero-order valence-corrected chi connectivity index (χ0v) is 9.87. The van der Waals surface area contributed by atoms with Crippen molar-refractivity contribution in [3.8, 4) is 6.07 Å². The van der Waals surface area contributed by atoms with E-state index in [9.17, 15) is 0 Å². The van der Waals surface area contributed by atoms with E-state index in [0.29, 0.717) is 15.7 Å². The van der Waals surface area contributed by atoms with Crippen LogP contribution in [0.3, 0.4) is 0 Å². The third-order valence-electron chi connectivity index (χ3n) is 2.28. The van der Waals surface area contributed by atoms with Gasteiger partial charge < -0.3 is 0 Å². The largest absolute Gasteiger partial charge is 0.277 e. The van der Waals surface area contributed by atoms with Crippen LogP contribution in [-0.2, 0) is 0 Å². The molecule has 0 spiro atoms. The predicted octanol–water partition coefficient (Wildman–Crippen LogP) is 1.54. The number of hydrogen-bond acceptors (Lipinski definition) is 6. The Morgan fingerprint density at radius 3 is 3.00 bits per heavy atom. The van der Waals surface area contributed by atoms with Crippen LogP contribution in [0, 0.1) is 11.3 Å². The molecule has 0 aliphatic rings. The predicted molar refractivity (Wildman–Crippen MR) is 63.9 cm³/mol. The summed E-state index contributed by atoms with van der Waals surface area (Å²) in [6, 6.07) is 9.34. The highest BCUT2D eigenvalue weighted by Crippen LogP contribution is 2.26. The second-order valence-electron chi connectivity index (χ2n) is 3.38. The number of fused-ring (bicyclic) bond motifs is 1. The van der Waals surface area contributed by atoms with Gasteiger partial charge in [0.15, 0.2) is 5.65 Å². The van der Waals surface area contributed by atoms with Crippen LogP contribution in [-0.4, -0.2) is 24.8 Å². The van der Waals surface area contributed by atoms with E-state index in [-0.39, 0.29) is 0 Å². The molecule has 0 bridgehead atoms. The number of rotatable bonds is 2. The lowest BCUT2D eigenvalue weighted by atomic mass is 10.3. The minimum Gasteiger partial charge on any atom is -0.277 e. The Balaban J connectivity index is 2.05. The minimum absolute atomic E-state index is 0.475. The van der Waals surface area contributed by atoms with E-state index >= 15 is 0 Å². The van der Waals surface area contributed by atoms with E-state index in [1.54, 1.807) is 6.07 Å². The molecule has 3 rings (SSSR count). The Bertz CT molecular complexity index is 744. The number of hydrogen-bond donors (Lipinski definition) is 0. The molecular formula is C11H6N6S. The van der Waals surface area contributed by atoms with Gasteiger partial charge in [-0.25, -0.2) is 0 Å². The number of nitrogens with zero attached hydrogens (tertiary/aromatic N) is 6. The molecule has 0 N–H and O–H groups in total. The first-order chi connectivity index (χ1) is 8.88. The molecule has 86 valence electrons. The van der Waals surface area contributed by atoms with Crippen molar-refractivity contribution in [2.45, 2.75) is 10.2 Å². The van der Waals surface area contributed by atoms with Gasteiger partial charge >= 0.3 is 0 Å². The van der Waals surface area contributed by atoms with Gasteiger partial charge in [-0.2, -0.15) is 10.4 Å². The van der Waals surface area contributed by atoms with Gasteiger partial charge in [-0.3, -0.25) is 4.40 Å². The molecule has 0 aliphatic carbocycles. The highest BCUT2D eigenvalue weighted by Gasteiger charge is 2.11. The van der Waals surface area contributed by atoms with Gasteiger partial charge in [0, 0.05) is 6.20 Å². The van der Waals surface area contributed by atoms with Gasteiger partial charge in [-0.15, -0.1) is 15.3 Å². The molecule has 0 aliphatic heterocycles. The summed E-state index contributed by atoms with van der Waals surface area (Å²) in [5.74, 6) is 0. The van der Waals surface area contributed by atoms with Crippen molar-refractivity contribution in [2.75, 3.05) is 0 Å². The van der Waals surface area contributed by atoms with Crippen molar-refractivity contribution in [3.63, 3.8) is 0 Å². The fourth-order valence-corrected chi connectivity index (χ4v) is 2.27. The second-order valence-corrected chi connectivity index (χ2v) is 4.33. The third kappa shape index (κ3) is 1.78. The minimum atomic E-state index is 0.475. The van der Waals surface area contributed by atoms with E-state index in [1.165, 1.54) is 18.0 Å². The molecule has 3 heterocycles. The molecule has 6 nitrogen and oxygen atoms in total. The molecular weight excluding hydrogens is 248 g/mol. The van der Waals surface area contributed by atoms with Crippen molar-refractivity contribution < 1.29 is 0 Å². The summed E-state index contributed by atoms with van der Waals surface area (Å²) < 4.78 is 1.83. The summed E-state index contributed by atoms with van der Waals surface area (Å²) in [6.45, 7) is 0.